The molecule has 0 spiro atoms. The molecule has 0 radical (unpaired) electrons. The van der Waals surface area contributed by atoms with Gasteiger partial charge in [-0.25, -0.2) is 14.3 Å². The van der Waals surface area contributed by atoms with Crippen molar-refractivity contribution in [2.45, 2.75) is 25.1 Å². The maximum absolute atomic E-state index is 13.5. The number of imidazole rings is 1. The number of nitrogens with one attached hydrogen (secondary N) is 3. The molecule has 0 amide bonds. The fourth-order valence-corrected chi connectivity index (χ4v) is 3.24. The zero-order valence-corrected chi connectivity index (χ0v) is 14.2. The maximum Gasteiger partial charge on any atom is 0.421 e. The minimum Gasteiger partial charge on any atom is -0.350 e. The minimum atomic E-state index is -4.70. The van der Waals surface area contributed by atoms with Crippen LogP contribution in [0.5, 0.6) is 0 Å². The standard InChI is InChI=1S/C17H17F3N6O/c18-17(19,20)11-9-22-15(23-10-4-3-7-21-8-10)25-14(11)26-13-6-2-1-5-12(13)24-16(26)27/h1-2,5-6,9-10,21H,3-4,7-8H2,(H,24,27)(H,22,23,25)/t10-/m0/s1. The molecule has 0 saturated carbocycles. The zero-order valence-electron chi connectivity index (χ0n) is 14.2. The average molecular weight is 378 g/mol. The number of para-hydroxylation sites is 2. The lowest BCUT2D eigenvalue weighted by atomic mass is 10.1. The molecular weight excluding hydrogens is 361 g/mol. The maximum atomic E-state index is 13.5. The normalized spacial score (nSPS) is 18.0. The Balaban J connectivity index is 1.84. The molecule has 1 atom stereocenters. The number of aromatic amines is 1. The Hall–Kier alpha value is -2.88. The van der Waals surface area contributed by atoms with Gasteiger partial charge in [0, 0.05) is 18.8 Å². The number of nitrogens with zero attached hydrogens (tertiary/aromatic N) is 3. The van der Waals surface area contributed by atoms with Crippen LogP contribution in [0.3, 0.4) is 0 Å². The van der Waals surface area contributed by atoms with Gasteiger partial charge in [-0.2, -0.15) is 18.2 Å². The average Bonchev–Trinajstić information content (AvgIpc) is 2.97. The van der Waals surface area contributed by atoms with Crippen molar-refractivity contribution in [1.82, 2.24) is 24.8 Å². The minimum absolute atomic E-state index is 0.0167. The van der Waals surface area contributed by atoms with Gasteiger partial charge in [-0.1, -0.05) is 12.1 Å². The Labute approximate surface area is 151 Å². The third-order valence-corrected chi connectivity index (χ3v) is 4.51. The van der Waals surface area contributed by atoms with Crippen molar-refractivity contribution in [2.24, 2.45) is 0 Å². The Morgan fingerprint density at radius 3 is 2.81 bits per heavy atom. The van der Waals surface area contributed by atoms with Crippen molar-refractivity contribution in [3.05, 3.63) is 46.5 Å². The van der Waals surface area contributed by atoms with E-state index in [1.807, 2.05) is 0 Å². The number of piperidine rings is 1. The summed E-state index contributed by atoms with van der Waals surface area (Å²) in [4.78, 5) is 22.8. The largest absolute Gasteiger partial charge is 0.421 e. The Kier molecular flexibility index (Phi) is 4.34. The van der Waals surface area contributed by atoms with Crippen LogP contribution in [0.25, 0.3) is 16.9 Å². The van der Waals surface area contributed by atoms with Crippen LogP contribution in [0, 0.1) is 0 Å². The molecular formula is C17H17F3N6O. The number of halogens is 3. The molecule has 2 aromatic heterocycles. The number of fused-ring (bicyclic) bond motifs is 1. The van der Waals surface area contributed by atoms with Crippen molar-refractivity contribution >= 4 is 17.0 Å². The van der Waals surface area contributed by atoms with Crippen LogP contribution in [0.1, 0.15) is 18.4 Å². The summed E-state index contributed by atoms with van der Waals surface area (Å²) < 4.78 is 41.5. The molecule has 1 aliphatic rings. The van der Waals surface area contributed by atoms with Crippen LogP contribution < -0.4 is 16.3 Å². The molecule has 1 fully saturated rings. The SMILES string of the molecule is O=c1[nH]c2ccccc2n1-c1nc(N[C@H]2CCCNC2)ncc1C(F)(F)F. The number of alkyl halides is 3. The van der Waals surface area contributed by atoms with Gasteiger partial charge in [0.2, 0.25) is 5.95 Å². The van der Waals surface area contributed by atoms with Crippen molar-refractivity contribution in [3.8, 4) is 5.82 Å². The van der Waals surface area contributed by atoms with Gasteiger partial charge in [0.15, 0.2) is 5.82 Å². The summed E-state index contributed by atoms with van der Waals surface area (Å²) in [5, 5.41) is 6.26. The summed E-state index contributed by atoms with van der Waals surface area (Å²) >= 11 is 0. The van der Waals surface area contributed by atoms with Crippen LogP contribution >= 0.6 is 0 Å². The number of hydrogen-bond donors (Lipinski definition) is 3. The third-order valence-electron chi connectivity index (χ3n) is 4.51. The molecule has 0 aliphatic carbocycles. The molecule has 10 heteroatoms. The Bertz CT molecular complexity index is 1020. The van der Waals surface area contributed by atoms with Gasteiger partial charge in [0.25, 0.3) is 0 Å². The van der Waals surface area contributed by atoms with Crippen LogP contribution in [-0.2, 0) is 6.18 Å². The molecule has 1 aromatic carbocycles. The lowest BCUT2D eigenvalue weighted by molar-refractivity contribution is -0.137. The van der Waals surface area contributed by atoms with Gasteiger partial charge in [0.1, 0.15) is 5.56 Å². The first-order valence-corrected chi connectivity index (χ1v) is 8.55. The second kappa shape index (κ2) is 6.69. The molecule has 1 saturated heterocycles. The van der Waals surface area contributed by atoms with E-state index in [2.05, 4.69) is 25.6 Å². The van der Waals surface area contributed by atoms with Crippen LogP contribution in [-0.4, -0.2) is 38.7 Å². The summed E-state index contributed by atoms with van der Waals surface area (Å²) in [6.45, 7) is 1.58. The first-order valence-electron chi connectivity index (χ1n) is 8.55. The molecule has 7 nitrogen and oxygen atoms in total. The molecule has 3 heterocycles. The van der Waals surface area contributed by atoms with Gasteiger partial charge in [-0.15, -0.1) is 0 Å². The van der Waals surface area contributed by atoms with E-state index in [1.54, 1.807) is 24.3 Å². The van der Waals surface area contributed by atoms with E-state index < -0.39 is 23.2 Å². The van der Waals surface area contributed by atoms with E-state index in [-0.39, 0.29) is 12.0 Å². The number of anilines is 1. The van der Waals surface area contributed by atoms with Crippen molar-refractivity contribution in [3.63, 3.8) is 0 Å². The summed E-state index contributed by atoms with van der Waals surface area (Å²) in [5.74, 6) is -0.435. The van der Waals surface area contributed by atoms with Gasteiger partial charge >= 0.3 is 11.9 Å². The topological polar surface area (TPSA) is 87.6 Å². The molecule has 3 N–H and O–H groups in total. The quantitative estimate of drug-likeness (QED) is 0.651. The van der Waals surface area contributed by atoms with Gasteiger partial charge in [-0.3, -0.25) is 0 Å². The number of rotatable bonds is 3. The number of H-pyrrole nitrogens is 1. The predicted molar refractivity (Wildman–Crippen MR) is 94.0 cm³/mol. The molecule has 142 valence electrons. The van der Waals surface area contributed by atoms with E-state index in [0.717, 1.165) is 30.2 Å². The van der Waals surface area contributed by atoms with E-state index >= 15 is 0 Å². The third kappa shape index (κ3) is 3.39. The van der Waals surface area contributed by atoms with Gasteiger partial charge < -0.3 is 15.6 Å². The van der Waals surface area contributed by atoms with Crippen molar-refractivity contribution in [2.75, 3.05) is 18.4 Å². The van der Waals surface area contributed by atoms with E-state index in [4.69, 9.17) is 0 Å². The molecule has 1 aliphatic heterocycles. The number of aromatic nitrogens is 4. The van der Waals surface area contributed by atoms with Crippen molar-refractivity contribution < 1.29 is 13.2 Å². The highest BCUT2D eigenvalue weighted by Gasteiger charge is 2.36. The molecule has 3 aromatic rings. The lowest BCUT2D eigenvalue weighted by Gasteiger charge is -2.24. The molecule has 0 unspecified atom stereocenters. The Morgan fingerprint density at radius 1 is 1.26 bits per heavy atom. The predicted octanol–water partition coefficient (Wildman–Crippen LogP) is 2.29. The summed E-state index contributed by atoms with van der Waals surface area (Å²) in [6.07, 6.45) is -2.17. The second-order valence-corrected chi connectivity index (χ2v) is 6.40. The van der Waals surface area contributed by atoms with E-state index in [9.17, 15) is 18.0 Å². The van der Waals surface area contributed by atoms with Crippen molar-refractivity contribution in [1.29, 1.82) is 0 Å². The first-order chi connectivity index (χ1) is 12.9. The smallest absolute Gasteiger partial charge is 0.350 e. The Morgan fingerprint density at radius 2 is 2.07 bits per heavy atom. The van der Waals surface area contributed by atoms with Crippen LogP contribution in [0.4, 0.5) is 19.1 Å². The van der Waals surface area contributed by atoms with Gasteiger partial charge in [-0.05, 0) is 31.5 Å². The number of benzene rings is 1. The zero-order chi connectivity index (χ0) is 19.0. The van der Waals surface area contributed by atoms with E-state index in [0.29, 0.717) is 17.6 Å². The molecule has 4 rings (SSSR count). The summed E-state index contributed by atoms with van der Waals surface area (Å²) in [7, 11) is 0. The van der Waals surface area contributed by atoms with Crippen LogP contribution in [0.2, 0.25) is 0 Å². The second-order valence-electron chi connectivity index (χ2n) is 6.40. The highest BCUT2D eigenvalue weighted by Crippen LogP contribution is 2.33. The summed E-state index contributed by atoms with van der Waals surface area (Å²) in [5.41, 5.74) is -1.01. The van der Waals surface area contributed by atoms with E-state index in [1.165, 1.54) is 0 Å². The molecule has 0 bridgehead atoms. The van der Waals surface area contributed by atoms with Crippen LogP contribution in [0.15, 0.2) is 35.3 Å². The fourth-order valence-electron chi connectivity index (χ4n) is 3.24. The lowest BCUT2D eigenvalue weighted by Crippen LogP contribution is -2.39. The monoisotopic (exact) mass is 378 g/mol. The highest BCUT2D eigenvalue weighted by molar-refractivity contribution is 5.77. The fraction of sp³-hybridized carbons (Fsp3) is 0.353. The molecule has 27 heavy (non-hydrogen) atoms. The number of hydrogen-bond acceptors (Lipinski definition) is 5. The van der Waals surface area contributed by atoms with Gasteiger partial charge in [0.05, 0.1) is 11.0 Å². The first kappa shape index (κ1) is 17.5. The summed E-state index contributed by atoms with van der Waals surface area (Å²) in [6, 6.07) is 6.54. The highest BCUT2D eigenvalue weighted by atomic mass is 19.4.